The van der Waals surface area contributed by atoms with Gasteiger partial charge in [-0.25, -0.2) is 4.79 Å². The van der Waals surface area contributed by atoms with Crippen molar-refractivity contribution in [2.75, 3.05) is 6.54 Å². The standard InChI is InChI=1S/C12H13NO3S/c14-11(15)6-4-9-3-5-10(17-9)12(16)13-7-8-1-2-8/h3-6,8H,1-2,7H2,(H,13,16)(H,14,15)/b6-4+. The molecule has 0 bridgehead atoms. The molecule has 2 rings (SSSR count). The van der Waals surface area contributed by atoms with E-state index in [1.165, 1.54) is 30.3 Å². The van der Waals surface area contributed by atoms with Crippen LogP contribution in [0.3, 0.4) is 0 Å². The molecule has 1 aliphatic rings. The molecule has 1 amide bonds. The highest BCUT2D eigenvalue weighted by Crippen LogP contribution is 2.27. The fourth-order valence-corrected chi connectivity index (χ4v) is 2.19. The molecule has 0 radical (unpaired) electrons. The topological polar surface area (TPSA) is 66.4 Å². The predicted octanol–water partition coefficient (Wildman–Crippen LogP) is 1.99. The van der Waals surface area contributed by atoms with Crippen molar-refractivity contribution in [3.8, 4) is 0 Å². The number of hydrogen-bond donors (Lipinski definition) is 2. The number of carboxylic acids is 1. The van der Waals surface area contributed by atoms with Crippen LogP contribution in [0.4, 0.5) is 0 Å². The van der Waals surface area contributed by atoms with Crippen molar-refractivity contribution < 1.29 is 14.7 Å². The SMILES string of the molecule is O=C(O)/C=C/c1ccc(C(=O)NCC2CC2)s1. The van der Waals surface area contributed by atoms with Crippen LogP contribution in [0.1, 0.15) is 27.4 Å². The molecule has 90 valence electrons. The summed E-state index contributed by atoms with van der Waals surface area (Å²) in [6.45, 7) is 0.747. The first-order valence-electron chi connectivity index (χ1n) is 5.44. The number of aliphatic carboxylic acids is 1. The summed E-state index contributed by atoms with van der Waals surface area (Å²) in [5.74, 6) is -0.403. The molecule has 0 unspecified atom stereocenters. The maximum Gasteiger partial charge on any atom is 0.328 e. The van der Waals surface area contributed by atoms with Gasteiger partial charge in [0.05, 0.1) is 4.88 Å². The summed E-state index contributed by atoms with van der Waals surface area (Å²) >= 11 is 1.29. The highest BCUT2D eigenvalue weighted by molar-refractivity contribution is 7.14. The van der Waals surface area contributed by atoms with Gasteiger partial charge in [-0.2, -0.15) is 0 Å². The molecule has 1 fully saturated rings. The van der Waals surface area contributed by atoms with E-state index in [-0.39, 0.29) is 5.91 Å². The minimum Gasteiger partial charge on any atom is -0.478 e. The van der Waals surface area contributed by atoms with Gasteiger partial charge in [-0.05, 0) is 37.0 Å². The first kappa shape index (κ1) is 11.9. The molecule has 1 aromatic heterocycles. The van der Waals surface area contributed by atoms with Gasteiger partial charge in [0.25, 0.3) is 5.91 Å². The molecule has 0 atom stereocenters. The summed E-state index contributed by atoms with van der Waals surface area (Å²) in [5, 5.41) is 11.4. The monoisotopic (exact) mass is 251 g/mol. The summed E-state index contributed by atoms with van der Waals surface area (Å²) < 4.78 is 0. The highest BCUT2D eigenvalue weighted by Gasteiger charge is 2.22. The van der Waals surface area contributed by atoms with Crippen molar-refractivity contribution >= 4 is 29.3 Å². The van der Waals surface area contributed by atoms with E-state index < -0.39 is 5.97 Å². The molecule has 0 spiro atoms. The highest BCUT2D eigenvalue weighted by atomic mass is 32.1. The lowest BCUT2D eigenvalue weighted by Crippen LogP contribution is -2.24. The van der Waals surface area contributed by atoms with Crippen LogP contribution in [0.15, 0.2) is 18.2 Å². The lowest BCUT2D eigenvalue weighted by Gasteiger charge is -2.00. The van der Waals surface area contributed by atoms with Crippen molar-refractivity contribution in [1.82, 2.24) is 5.32 Å². The minimum atomic E-state index is -0.988. The Labute approximate surface area is 103 Å². The Morgan fingerprint density at radius 2 is 2.24 bits per heavy atom. The molecule has 4 nitrogen and oxygen atoms in total. The molecule has 1 aromatic rings. The minimum absolute atomic E-state index is 0.0723. The first-order chi connectivity index (χ1) is 8.15. The second-order valence-corrected chi connectivity index (χ2v) is 5.14. The lowest BCUT2D eigenvalue weighted by atomic mass is 10.3. The summed E-state index contributed by atoms with van der Waals surface area (Å²) in [4.78, 5) is 23.4. The fourth-order valence-electron chi connectivity index (χ4n) is 1.36. The maximum absolute atomic E-state index is 11.7. The van der Waals surface area contributed by atoms with Crippen LogP contribution in [0.2, 0.25) is 0 Å². The molecule has 1 aliphatic carbocycles. The van der Waals surface area contributed by atoms with Crippen LogP contribution in [0.5, 0.6) is 0 Å². The van der Waals surface area contributed by atoms with Crippen molar-refractivity contribution in [2.24, 2.45) is 5.92 Å². The number of nitrogens with one attached hydrogen (secondary N) is 1. The van der Waals surface area contributed by atoms with E-state index >= 15 is 0 Å². The third kappa shape index (κ3) is 3.71. The van der Waals surface area contributed by atoms with E-state index in [4.69, 9.17) is 5.11 Å². The molecule has 17 heavy (non-hydrogen) atoms. The van der Waals surface area contributed by atoms with Gasteiger partial charge in [0, 0.05) is 17.5 Å². The number of thiophene rings is 1. The average Bonchev–Trinajstić information content (AvgIpc) is 3.00. The van der Waals surface area contributed by atoms with Crippen molar-refractivity contribution in [3.05, 3.63) is 28.0 Å². The number of amides is 1. The number of carboxylic acid groups (broad SMARTS) is 1. The Balaban J connectivity index is 1.91. The number of hydrogen-bond acceptors (Lipinski definition) is 3. The van der Waals surface area contributed by atoms with Crippen LogP contribution in [0, 0.1) is 5.92 Å². The van der Waals surface area contributed by atoms with Crippen molar-refractivity contribution in [3.63, 3.8) is 0 Å². The first-order valence-corrected chi connectivity index (χ1v) is 6.26. The third-order valence-electron chi connectivity index (χ3n) is 2.49. The molecule has 1 saturated carbocycles. The van der Waals surface area contributed by atoms with E-state index in [0.29, 0.717) is 10.8 Å². The Kier molecular flexibility index (Phi) is 3.58. The van der Waals surface area contributed by atoms with E-state index in [0.717, 1.165) is 17.5 Å². The summed E-state index contributed by atoms with van der Waals surface area (Å²) in [5.41, 5.74) is 0. The van der Waals surface area contributed by atoms with Gasteiger partial charge in [0.1, 0.15) is 0 Å². The van der Waals surface area contributed by atoms with Gasteiger partial charge in [-0.3, -0.25) is 4.79 Å². The van der Waals surface area contributed by atoms with Gasteiger partial charge in [-0.15, -0.1) is 11.3 Å². The Hall–Kier alpha value is -1.62. The predicted molar refractivity (Wildman–Crippen MR) is 66.0 cm³/mol. The van der Waals surface area contributed by atoms with E-state index in [1.807, 2.05) is 0 Å². The lowest BCUT2D eigenvalue weighted by molar-refractivity contribution is -0.131. The van der Waals surface area contributed by atoms with Crippen LogP contribution in [-0.4, -0.2) is 23.5 Å². The summed E-state index contributed by atoms with van der Waals surface area (Å²) in [6, 6.07) is 3.46. The van der Waals surface area contributed by atoms with Crippen LogP contribution in [-0.2, 0) is 4.79 Å². The molecule has 5 heteroatoms. The number of rotatable bonds is 5. The van der Waals surface area contributed by atoms with Crippen LogP contribution >= 0.6 is 11.3 Å². The van der Waals surface area contributed by atoms with E-state index in [2.05, 4.69) is 5.32 Å². The molecule has 0 aromatic carbocycles. The van der Waals surface area contributed by atoms with E-state index in [9.17, 15) is 9.59 Å². The molecule has 0 aliphatic heterocycles. The summed E-state index contributed by atoms with van der Waals surface area (Å²) in [7, 11) is 0. The molecule has 0 saturated heterocycles. The Morgan fingerprint density at radius 3 is 2.88 bits per heavy atom. The molecular weight excluding hydrogens is 238 g/mol. The fraction of sp³-hybridized carbons (Fsp3) is 0.333. The molecule has 1 heterocycles. The summed E-state index contributed by atoms with van der Waals surface area (Å²) in [6.07, 6.45) is 4.97. The quantitative estimate of drug-likeness (QED) is 0.786. The van der Waals surface area contributed by atoms with Crippen LogP contribution in [0.25, 0.3) is 6.08 Å². The van der Waals surface area contributed by atoms with Gasteiger partial charge in [0.15, 0.2) is 0 Å². The molecular formula is C12H13NO3S. The number of carbonyl (C=O) groups is 2. The van der Waals surface area contributed by atoms with Crippen molar-refractivity contribution in [2.45, 2.75) is 12.8 Å². The smallest absolute Gasteiger partial charge is 0.328 e. The average molecular weight is 251 g/mol. The normalized spacial score (nSPS) is 15.1. The van der Waals surface area contributed by atoms with Crippen LogP contribution < -0.4 is 5.32 Å². The zero-order valence-corrected chi connectivity index (χ0v) is 10.00. The largest absolute Gasteiger partial charge is 0.478 e. The number of carbonyl (C=O) groups excluding carboxylic acids is 1. The van der Waals surface area contributed by atoms with Gasteiger partial charge in [0.2, 0.25) is 0 Å². The zero-order chi connectivity index (χ0) is 12.3. The van der Waals surface area contributed by atoms with Gasteiger partial charge < -0.3 is 10.4 Å². The third-order valence-corrected chi connectivity index (χ3v) is 3.54. The zero-order valence-electron chi connectivity index (χ0n) is 9.18. The maximum atomic E-state index is 11.7. The van der Waals surface area contributed by atoms with E-state index in [1.54, 1.807) is 12.1 Å². The van der Waals surface area contributed by atoms with Crippen molar-refractivity contribution in [1.29, 1.82) is 0 Å². The second kappa shape index (κ2) is 5.14. The molecule has 2 N–H and O–H groups in total. The van der Waals surface area contributed by atoms with Gasteiger partial charge >= 0.3 is 5.97 Å². The Morgan fingerprint density at radius 1 is 1.47 bits per heavy atom. The Bertz CT molecular complexity index is 460. The van der Waals surface area contributed by atoms with Gasteiger partial charge in [-0.1, -0.05) is 0 Å². The second-order valence-electron chi connectivity index (χ2n) is 4.03.